The van der Waals surface area contributed by atoms with Crippen molar-refractivity contribution in [2.75, 3.05) is 4.90 Å². The Hall–Kier alpha value is -2.44. The minimum absolute atomic E-state index is 0.0825. The van der Waals surface area contributed by atoms with E-state index in [9.17, 15) is 9.59 Å². The largest absolute Gasteiger partial charge is 0.295 e. The Bertz CT molecular complexity index is 1110. The molecule has 1 aliphatic heterocycles. The van der Waals surface area contributed by atoms with E-state index in [-0.39, 0.29) is 22.1 Å². The third kappa shape index (κ3) is 2.88. The van der Waals surface area contributed by atoms with Gasteiger partial charge in [-0.15, -0.1) is 11.8 Å². The summed E-state index contributed by atoms with van der Waals surface area (Å²) in [6.07, 6.45) is 0. The molecule has 7 heteroatoms. The lowest BCUT2D eigenvalue weighted by Crippen LogP contribution is -2.34. The summed E-state index contributed by atoms with van der Waals surface area (Å²) in [6, 6.07) is 16.9. The molecule has 5 nitrogen and oxygen atoms in total. The molecule has 0 saturated carbocycles. The van der Waals surface area contributed by atoms with Gasteiger partial charge in [0.2, 0.25) is 5.91 Å². The van der Waals surface area contributed by atoms with Crippen LogP contribution in [0.1, 0.15) is 23.6 Å². The second kappa shape index (κ2) is 7.18. The molecule has 1 saturated heterocycles. The number of hydrogen-bond donors (Lipinski definition) is 0. The molecule has 3 aromatic rings. The Morgan fingerprint density at radius 3 is 2.32 bits per heavy atom. The molecule has 28 heavy (non-hydrogen) atoms. The van der Waals surface area contributed by atoms with Crippen molar-refractivity contribution in [2.24, 2.45) is 7.05 Å². The van der Waals surface area contributed by atoms with Gasteiger partial charge < -0.3 is 0 Å². The van der Waals surface area contributed by atoms with E-state index in [0.717, 1.165) is 16.9 Å². The number of anilines is 1. The fourth-order valence-electron chi connectivity index (χ4n) is 3.57. The number of para-hydroxylation sites is 1. The molecular weight excluding hydrogens is 394 g/mol. The summed E-state index contributed by atoms with van der Waals surface area (Å²) >= 11 is 7.93. The first-order valence-corrected chi connectivity index (χ1v) is 10.3. The van der Waals surface area contributed by atoms with Crippen LogP contribution in [0.4, 0.5) is 5.69 Å². The second-order valence-corrected chi connectivity index (χ2v) is 8.60. The Morgan fingerprint density at radius 1 is 1.00 bits per heavy atom. The topological polar surface area (TPSA) is 47.2 Å². The van der Waals surface area contributed by atoms with Gasteiger partial charge in [-0.1, -0.05) is 48.0 Å². The van der Waals surface area contributed by atoms with Crippen molar-refractivity contribution in [3.05, 3.63) is 81.2 Å². The summed E-state index contributed by atoms with van der Waals surface area (Å²) in [5, 5.41) is -0.0106. The molecule has 1 aromatic heterocycles. The first kappa shape index (κ1) is 18.9. The number of hydrogen-bond acceptors (Lipinski definition) is 3. The van der Waals surface area contributed by atoms with Crippen LogP contribution < -0.4 is 10.5 Å². The number of benzene rings is 2. The lowest BCUT2D eigenvalue weighted by atomic mass is 10.2. The lowest BCUT2D eigenvalue weighted by Gasteiger charge is -2.23. The first-order chi connectivity index (χ1) is 13.4. The fraction of sp³-hybridized carbons (Fsp3) is 0.238. The van der Waals surface area contributed by atoms with Crippen LogP contribution in [0.25, 0.3) is 5.69 Å². The van der Waals surface area contributed by atoms with Crippen LogP contribution in [0.3, 0.4) is 0 Å². The van der Waals surface area contributed by atoms with Crippen molar-refractivity contribution in [2.45, 2.75) is 24.5 Å². The van der Waals surface area contributed by atoms with Crippen molar-refractivity contribution >= 4 is 35.0 Å². The molecule has 1 amide bonds. The summed E-state index contributed by atoms with van der Waals surface area (Å²) in [5.74, 6) is -0.0825. The van der Waals surface area contributed by atoms with E-state index in [4.69, 9.17) is 11.6 Å². The summed E-state index contributed by atoms with van der Waals surface area (Å²) in [4.78, 5) is 28.1. The SMILES string of the molecule is Cc1c(N2C(=O)[C@H](C)S[C@H]2c2ccccc2Cl)c(=O)n(-c2ccccc2)n1C. The van der Waals surface area contributed by atoms with E-state index in [1.165, 1.54) is 11.8 Å². The van der Waals surface area contributed by atoms with E-state index in [1.807, 2.05) is 75.5 Å². The van der Waals surface area contributed by atoms with Crippen LogP contribution in [0.15, 0.2) is 59.4 Å². The van der Waals surface area contributed by atoms with Gasteiger partial charge in [-0.05, 0) is 32.0 Å². The van der Waals surface area contributed by atoms with E-state index in [1.54, 1.807) is 14.3 Å². The standard InChI is InChI=1S/C21H20ClN3O2S/c1-13-18(20(27)25(23(13)3)15-9-5-4-6-10-15)24-19(26)14(2)28-21(24)16-11-7-8-12-17(16)22/h4-12,14,21H,1-3H3/t14-,21-/m0/s1. The van der Waals surface area contributed by atoms with Crippen molar-refractivity contribution in [3.63, 3.8) is 0 Å². The lowest BCUT2D eigenvalue weighted by molar-refractivity contribution is -0.117. The summed E-state index contributed by atoms with van der Waals surface area (Å²) in [7, 11) is 1.83. The minimum Gasteiger partial charge on any atom is -0.288 e. The Morgan fingerprint density at radius 2 is 1.64 bits per heavy atom. The maximum absolute atomic E-state index is 13.4. The van der Waals surface area contributed by atoms with E-state index >= 15 is 0 Å². The normalized spacial score (nSPS) is 19.4. The summed E-state index contributed by atoms with van der Waals surface area (Å²) < 4.78 is 3.38. The molecule has 1 aliphatic rings. The van der Waals surface area contributed by atoms with Gasteiger partial charge in [0, 0.05) is 17.6 Å². The molecule has 4 rings (SSSR count). The number of rotatable bonds is 3. The predicted octanol–water partition coefficient (Wildman–Crippen LogP) is 4.30. The van der Waals surface area contributed by atoms with Gasteiger partial charge in [0.15, 0.2) is 0 Å². The molecule has 2 aromatic carbocycles. The zero-order valence-electron chi connectivity index (χ0n) is 15.8. The molecule has 1 fully saturated rings. The van der Waals surface area contributed by atoms with Crippen LogP contribution in [0.2, 0.25) is 5.02 Å². The highest BCUT2D eigenvalue weighted by Gasteiger charge is 2.43. The molecule has 0 bridgehead atoms. The van der Waals surface area contributed by atoms with Gasteiger partial charge in [0.05, 0.1) is 16.6 Å². The molecule has 144 valence electrons. The smallest absolute Gasteiger partial charge is 0.288 e. The molecular formula is C21H20ClN3O2S. The summed E-state index contributed by atoms with van der Waals surface area (Å²) in [6.45, 7) is 3.73. The zero-order valence-corrected chi connectivity index (χ0v) is 17.4. The van der Waals surface area contributed by atoms with Gasteiger partial charge >= 0.3 is 0 Å². The number of aromatic nitrogens is 2. The van der Waals surface area contributed by atoms with Crippen molar-refractivity contribution in [1.29, 1.82) is 0 Å². The van der Waals surface area contributed by atoms with Crippen LogP contribution in [-0.4, -0.2) is 20.5 Å². The highest BCUT2D eigenvalue weighted by atomic mass is 35.5. The van der Waals surface area contributed by atoms with Crippen molar-refractivity contribution in [3.8, 4) is 5.69 Å². The van der Waals surface area contributed by atoms with Gasteiger partial charge in [0.1, 0.15) is 11.1 Å². The van der Waals surface area contributed by atoms with Gasteiger partial charge in [-0.3, -0.25) is 19.2 Å². The van der Waals surface area contributed by atoms with Crippen molar-refractivity contribution < 1.29 is 4.79 Å². The Labute approximate surface area is 172 Å². The monoisotopic (exact) mass is 413 g/mol. The van der Waals surface area contributed by atoms with Gasteiger partial charge in [0.25, 0.3) is 5.56 Å². The van der Waals surface area contributed by atoms with Crippen LogP contribution in [-0.2, 0) is 11.8 Å². The second-order valence-electron chi connectivity index (χ2n) is 6.77. The van der Waals surface area contributed by atoms with Crippen molar-refractivity contribution in [1.82, 2.24) is 9.36 Å². The molecule has 2 heterocycles. The van der Waals surface area contributed by atoms with E-state index in [0.29, 0.717) is 10.7 Å². The number of halogens is 1. The number of nitrogens with zero attached hydrogens (tertiary/aromatic N) is 3. The Balaban J connectivity index is 1.91. The van der Waals surface area contributed by atoms with Crippen LogP contribution in [0.5, 0.6) is 0 Å². The number of carbonyl (C=O) groups excluding carboxylic acids is 1. The van der Waals surface area contributed by atoms with Gasteiger partial charge in [-0.25, -0.2) is 4.68 Å². The average molecular weight is 414 g/mol. The molecule has 0 radical (unpaired) electrons. The van der Waals surface area contributed by atoms with Gasteiger partial charge in [-0.2, -0.15) is 0 Å². The Kier molecular flexibility index (Phi) is 4.85. The quantitative estimate of drug-likeness (QED) is 0.643. The maximum Gasteiger partial charge on any atom is 0.295 e. The zero-order chi connectivity index (χ0) is 20.0. The summed E-state index contributed by atoms with van der Waals surface area (Å²) in [5.41, 5.74) is 2.50. The molecule has 0 aliphatic carbocycles. The molecule has 0 unspecified atom stereocenters. The number of carbonyl (C=O) groups is 1. The maximum atomic E-state index is 13.4. The molecule has 2 atom stereocenters. The molecule has 0 spiro atoms. The fourth-order valence-corrected chi connectivity index (χ4v) is 5.17. The van der Waals surface area contributed by atoms with Crippen LogP contribution in [0, 0.1) is 6.92 Å². The average Bonchev–Trinajstić information content (AvgIpc) is 3.09. The number of amides is 1. The van der Waals surface area contributed by atoms with Crippen LogP contribution >= 0.6 is 23.4 Å². The van der Waals surface area contributed by atoms with E-state index < -0.39 is 0 Å². The predicted molar refractivity (Wildman–Crippen MR) is 114 cm³/mol. The highest BCUT2D eigenvalue weighted by Crippen LogP contribution is 2.47. The number of thioether (sulfide) groups is 1. The highest BCUT2D eigenvalue weighted by molar-refractivity contribution is 8.01. The minimum atomic E-state index is -0.339. The third-order valence-electron chi connectivity index (χ3n) is 5.09. The third-order valence-corrected chi connectivity index (χ3v) is 6.77. The van der Waals surface area contributed by atoms with E-state index in [2.05, 4.69) is 0 Å². The first-order valence-electron chi connectivity index (χ1n) is 8.98. The molecule has 0 N–H and O–H groups in total.